The number of aliphatic hydroxyl groups is 1. The molecule has 1 fully saturated rings. The molecule has 5 heteroatoms. The third-order valence-corrected chi connectivity index (χ3v) is 3.98. The highest BCUT2D eigenvalue weighted by atomic mass is 16.7. The van der Waals surface area contributed by atoms with E-state index in [1.165, 1.54) is 0 Å². The predicted molar refractivity (Wildman–Crippen MR) is 74.6 cm³/mol. The first kappa shape index (κ1) is 14.4. The second-order valence-corrected chi connectivity index (χ2v) is 5.82. The van der Waals surface area contributed by atoms with E-state index in [0.29, 0.717) is 5.75 Å². The SMILES string of the molecule is COc1ccc(CO)cc1B1OC(C)(C)C(C)(C)O1. The molecule has 4 nitrogen and oxygen atoms in total. The Morgan fingerprint density at radius 1 is 1.16 bits per heavy atom. The van der Waals surface area contributed by atoms with Gasteiger partial charge in [-0.1, -0.05) is 12.1 Å². The van der Waals surface area contributed by atoms with Gasteiger partial charge in [0.05, 0.1) is 24.9 Å². The minimum atomic E-state index is -0.480. The van der Waals surface area contributed by atoms with E-state index in [0.717, 1.165) is 11.0 Å². The molecule has 0 amide bonds. The maximum atomic E-state index is 9.25. The molecule has 1 saturated heterocycles. The van der Waals surface area contributed by atoms with E-state index >= 15 is 0 Å². The summed E-state index contributed by atoms with van der Waals surface area (Å²) in [6, 6.07) is 5.51. The van der Waals surface area contributed by atoms with Gasteiger partial charge in [0.2, 0.25) is 0 Å². The zero-order chi connectivity index (χ0) is 14.3. The van der Waals surface area contributed by atoms with E-state index in [1.807, 2.05) is 45.9 Å². The molecule has 1 aromatic rings. The quantitative estimate of drug-likeness (QED) is 0.840. The van der Waals surface area contributed by atoms with Crippen molar-refractivity contribution in [1.29, 1.82) is 0 Å². The predicted octanol–water partition coefficient (Wildman–Crippen LogP) is 1.49. The molecule has 0 spiro atoms. The third kappa shape index (κ3) is 2.50. The zero-order valence-corrected chi connectivity index (χ0v) is 12.2. The van der Waals surface area contributed by atoms with E-state index in [2.05, 4.69) is 0 Å². The summed E-state index contributed by atoms with van der Waals surface area (Å²) in [7, 11) is 1.13. The molecule has 0 aromatic heterocycles. The number of ether oxygens (including phenoxy) is 1. The monoisotopic (exact) mass is 264 g/mol. The second kappa shape index (κ2) is 4.82. The number of hydrogen-bond donors (Lipinski definition) is 1. The number of benzene rings is 1. The lowest BCUT2D eigenvalue weighted by Crippen LogP contribution is -2.41. The molecule has 2 rings (SSSR count). The molecule has 1 aromatic carbocycles. The molecule has 1 heterocycles. The van der Waals surface area contributed by atoms with Crippen molar-refractivity contribution in [2.75, 3.05) is 7.11 Å². The van der Waals surface area contributed by atoms with Crippen LogP contribution in [0.25, 0.3) is 0 Å². The first-order valence-corrected chi connectivity index (χ1v) is 6.44. The van der Waals surface area contributed by atoms with E-state index < -0.39 is 18.3 Å². The van der Waals surface area contributed by atoms with Crippen molar-refractivity contribution in [2.24, 2.45) is 0 Å². The zero-order valence-electron chi connectivity index (χ0n) is 12.2. The summed E-state index contributed by atoms with van der Waals surface area (Å²) in [6.45, 7) is 8.02. The molecule has 1 N–H and O–H groups in total. The van der Waals surface area contributed by atoms with Gasteiger partial charge in [0.25, 0.3) is 0 Å². The van der Waals surface area contributed by atoms with Gasteiger partial charge in [0, 0.05) is 5.46 Å². The summed E-state index contributed by atoms with van der Waals surface area (Å²) < 4.78 is 17.4. The number of rotatable bonds is 3. The van der Waals surface area contributed by atoms with Gasteiger partial charge in [-0.25, -0.2) is 0 Å². The topological polar surface area (TPSA) is 47.9 Å². The molecule has 1 aliphatic heterocycles. The lowest BCUT2D eigenvalue weighted by molar-refractivity contribution is 0.00578. The van der Waals surface area contributed by atoms with Crippen LogP contribution in [-0.2, 0) is 15.9 Å². The molecule has 104 valence electrons. The fraction of sp³-hybridized carbons (Fsp3) is 0.571. The van der Waals surface area contributed by atoms with Crippen molar-refractivity contribution in [1.82, 2.24) is 0 Å². The van der Waals surface area contributed by atoms with Crippen LogP contribution >= 0.6 is 0 Å². The second-order valence-electron chi connectivity index (χ2n) is 5.82. The van der Waals surface area contributed by atoms with Crippen LogP contribution in [0.4, 0.5) is 0 Å². The summed E-state index contributed by atoms with van der Waals surface area (Å²) in [5, 5.41) is 9.25. The minimum Gasteiger partial charge on any atom is -0.497 e. The highest BCUT2D eigenvalue weighted by molar-refractivity contribution is 6.63. The number of hydrogen-bond acceptors (Lipinski definition) is 4. The Balaban J connectivity index is 2.38. The number of aliphatic hydroxyl groups excluding tert-OH is 1. The Hall–Kier alpha value is -1.04. The molecule has 0 saturated carbocycles. The molecule has 0 atom stereocenters. The maximum Gasteiger partial charge on any atom is 0.498 e. The molecule has 0 radical (unpaired) electrons. The third-order valence-electron chi connectivity index (χ3n) is 3.98. The van der Waals surface area contributed by atoms with Crippen LogP contribution in [0.3, 0.4) is 0 Å². The normalized spacial score (nSPS) is 20.6. The van der Waals surface area contributed by atoms with Crippen molar-refractivity contribution < 1.29 is 19.2 Å². The average molecular weight is 264 g/mol. The van der Waals surface area contributed by atoms with Crippen LogP contribution < -0.4 is 10.2 Å². The van der Waals surface area contributed by atoms with Gasteiger partial charge in [0.1, 0.15) is 5.75 Å². The largest absolute Gasteiger partial charge is 0.498 e. The first-order chi connectivity index (χ1) is 8.80. The van der Waals surface area contributed by atoms with Crippen molar-refractivity contribution in [2.45, 2.75) is 45.5 Å². The summed E-state index contributed by atoms with van der Waals surface area (Å²) in [6.07, 6.45) is 0. The van der Waals surface area contributed by atoms with Gasteiger partial charge in [-0.15, -0.1) is 0 Å². The summed E-state index contributed by atoms with van der Waals surface area (Å²) in [4.78, 5) is 0. The molecular weight excluding hydrogens is 243 g/mol. The van der Waals surface area contributed by atoms with E-state index in [4.69, 9.17) is 14.0 Å². The van der Waals surface area contributed by atoms with Crippen molar-refractivity contribution in [3.8, 4) is 5.75 Å². The molecule has 1 aliphatic rings. The first-order valence-electron chi connectivity index (χ1n) is 6.44. The standard InChI is InChI=1S/C14H21BO4/c1-13(2)14(3,4)19-15(18-13)11-8-10(9-16)6-7-12(11)17-5/h6-8,16H,9H2,1-5H3. The number of methoxy groups -OCH3 is 1. The van der Waals surface area contributed by atoms with Crippen LogP contribution in [0.1, 0.15) is 33.3 Å². The molecular formula is C14H21BO4. The van der Waals surface area contributed by atoms with Gasteiger partial charge >= 0.3 is 7.12 Å². The Bertz CT molecular complexity index is 455. The van der Waals surface area contributed by atoms with Crippen molar-refractivity contribution >= 4 is 12.6 Å². The Labute approximate surface area is 114 Å². The van der Waals surface area contributed by atoms with Crippen molar-refractivity contribution in [3.05, 3.63) is 23.8 Å². The fourth-order valence-corrected chi connectivity index (χ4v) is 2.04. The summed E-state index contributed by atoms with van der Waals surface area (Å²) in [5.74, 6) is 0.704. The van der Waals surface area contributed by atoms with Gasteiger partial charge in [-0.05, 0) is 39.3 Å². The summed E-state index contributed by atoms with van der Waals surface area (Å²) in [5.41, 5.74) is 0.841. The van der Waals surface area contributed by atoms with E-state index in [-0.39, 0.29) is 6.61 Å². The Kier molecular flexibility index (Phi) is 3.64. The lowest BCUT2D eigenvalue weighted by atomic mass is 9.77. The van der Waals surface area contributed by atoms with Crippen LogP contribution in [-0.4, -0.2) is 30.5 Å². The van der Waals surface area contributed by atoms with Crippen molar-refractivity contribution in [3.63, 3.8) is 0 Å². The highest BCUT2D eigenvalue weighted by Gasteiger charge is 2.52. The van der Waals surface area contributed by atoms with Gasteiger partial charge < -0.3 is 19.2 Å². The fourth-order valence-electron chi connectivity index (χ4n) is 2.04. The van der Waals surface area contributed by atoms with Crippen LogP contribution in [0.5, 0.6) is 5.75 Å². The minimum absolute atomic E-state index is 0.0174. The van der Waals surface area contributed by atoms with Gasteiger partial charge in [-0.2, -0.15) is 0 Å². The Morgan fingerprint density at radius 3 is 2.21 bits per heavy atom. The van der Waals surface area contributed by atoms with Gasteiger partial charge in [-0.3, -0.25) is 0 Å². The maximum absolute atomic E-state index is 9.25. The van der Waals surface area contributed by atoms with Crippen LogP contribution in [0, 0.1) is 0 Å². The Morgan fingerprint density at radius 2 is 1.74 bits per heavy atom. The molecule has 19 heavy (non-hydrogen) atoms. The van der Waals surface area contributed by atoms with Gasteiger partial charge in [0.15, 0.2) is 0 Å². The van der Waals surface area contributed by atoms with E-state index in [1.54, 1.807) is 7.11 Å². The molecule has 0 aliphatic carbocycles. The molecule has 0 bridgehead atoms. The van der Waals surface area contributed by atoms with E-state index in [9.17, 15) is 5.11 Å². The molecule has 0 unspecified atom stereocenters. The van der Waals surface area contributed by atoms with Crippen LogP contribution in [0.2, 0.25) is 0 Å². The average Bonchev–Trinajstić information content (AvgIpc) is 2.57. The van der Waals surface area contributed by atoms with Crippen LogP contribution in [0.15, 0.2) is 18.2 Å². The summed E-state index contributed by atoms with van der Waals surface area (Å²) >= 11 is 0. The smallest absolute Gasteiger partial charge is 0.497 e. The lowest BCUT2D eigenvalue weighted by Gasteiger charge is -2.32. The highest BCUT2D eigenvalue weighted by Crippen LogP contribution is 2.37.